The number of benzene rings is 2. The molecule has 0 aliphatic carbocycles. The van der Waals surface area contributed by atoms with Gasteiger partial charge in [-0.1, -0.05) is 28.1 Å². The van der Waals surface area contributed by atoms with Gasteiger partial charge in [-0.15, -0.1) is 0 Å². The summed E-state index contributed by atoms with van der Waals surface area (Å²) in [6, 6.07) is 10.8. The maximum Gasteiger partial charge on any atom is 0.261 e. The van der Waals surface area contributed by atoms with Crippen LogP contribution in [-0.4, -0.2) is 13.0 Å². The van der Waals surface area contributed by atoms with Crippen LogP contribution in [0.15, 0.2) is 40.9 Å². The van der Waals surface area contributed by atoms with Crippen molar-refractivity contribution in [1.82, 2.24) is 0 Å². The smallest absolute Gasteiger partial charge is 0.261 e. The fourth-order valence-electron chi connectivity index (χ4n) is 1.87. The van der Waals surface area contributed by atoms with E-state index in [1.807, 2.05) is 25.1 Å². The van der Waals surface area contributed by atoms with E-state index in [0.717, 1.165) is 15.7 Å². The number of nitrogens with two attached hydrogens (primary N) is 1. The van der Waals surface area contributed by atoms with E-state index in [1.54, 1.807) is 18.2 Å². The van der Waals surface area contributed by atoms with Crippen LogP contribution in [0, 0.1) is 6.92 Å². The number of hydrogen-bond donors (Lipinski definition) is 2. The number of nitrogens with one attached hydrogen (secondary N) is 1. The normalized spacial score (nSPS) is 10.2. The largest absolute Gasteiger partial charge is 0.496 e. The van der Waals surface area contributed by atoms with Gasteiger partial charge in [0.25, 0.3) is 5.91 Å². The zero-order chi connectivity index (χ0) is 14.7. The third-order valence-electron chi connectivity index (χ3n) is 2.95. The molecule has 5 heteroatoms. The minimum atomic E-state index is -0.291. The van der Waals surface area contributed by atoms with Gasteiger partial charge in [0.15, 0.2) is 0 Å². The molecule has 0 aliphatic heterocycles. The Labute approximate surface area is 126 Å². The van der Waals surface area contributed by atoms with Gasteiger partial charge in [0.1, 0.15) is 11.3 Å². The average molecular weight is 335 g/mol. The maximum absolute atomic E-state index is 12.4. The molecule has 0 saturated heterocycles. The van der Waals surface area contributed by atoms with Crippen LogP contribution in [0.4, 0.5) is 11.4 Å². The quantitative estimate of drug-likeness (QED) is 0.843. The monoisotopic (exact) mass is 334 g/mol. The number of halogens is 1. The van der Waals surface area contributed by atoms with Gasteiger partial charge in [0, 0.05) is 15.8 Å². The van der Waals surface area contributed by atoms with Crippen molar-refractivity contribution in [2.75, 3.05) is 18.2 Å². The standard InChI is InChI=1S/C15H15BrN2O2/c1-9-6-7-10(16)8-12(9)18-15(19)14-11(17)4-3-5-13(14)20-2/h3-8H,17H2,1-2H3,(H,18,19). The lowest BCUT2D eigenvalue weighted by Gasteiger charge is -2.13. The molecule has 0 unspecified atom stereocenters. The highest BCUT2D eigenvalue weighted by atomic mass is 79.9. The Balaban J connectivity index is 2.36. The second-order valence-electron chi connectivity index (χ2n) is 4.34. The van der Waals surface area contributed by atoms with E-state index < -0.39 is 0 Å². The van der Waals surface area contributed by atoms with E-state index >= 15 is 0 Å². The van der Waals surface area contributed by atoms with Crippen molar-refractivity contribution in [3.8, 4) is 5.75 Å². The molecular formula is C15H15BrN2O2. The molecule has 0 heterocycles. The zero-order valence-corrected chi connectivity index (χ0v) is 12.8. The number of ether oxygens (including phenoxy) is 1. The lowest BCUT2D eigenvalue weighted by Crippen LogP contribution is -2.16. The molecule has 2 aromatic rings. The highest BCUT2D eigenvalue weighted by Crippen LogP contribution is 2.27. The van der Waals surface area contributed by atoms with Crippen LogP contribution in [0.5, 0.6) is 5.75 Å². The number of carbonyl (C=O) groups is 1. The third kappa shape index (κ3) is 2.93. The first-order valence-electron chi connectivity index (χ1n) is 6.03. The predicted molar refractivity (Wildman–Crippen MR) is 84.2 cm³/mol. The Morgan fingerprint density at radius 3 is 2.75 bits per heavy atom. The highest BCUT2D eigenvalue weighted by molar-refractivity contribution is 9.10. The summed E-state index contributed by atoms with van der Waals surface area (Å²) in [6.07, 6.45) is 0. The Bertz CT molecular complexity index is 656. The summed E-state index contributed by atoms with van der Waals surface area (Å²) < 4.78 is 6.08. The van der Waals surface area contributed by atoms with E-state index in [1.165, 1.54) is 7.11 Å². The number of rotatable bonds is 3. The number of amides is 1. The molecule has 3 N–H and O–H groups in total. The highest BCUT2D eigenvalue weighted by Gasteiger charge is 2.16. The summed E-state index contributed by atoms with van der Waals surface area (Å²) >= 11 is 3.38. The van der Waals surface area contributed by atoms with Crippen molar-refractivity contribution >= 4 is 33.2 Å². The van der Waals surface area contributed by atoms with Crippen LogP contribution in [0.1, 0.15) is 15.9 Å². The van der Waals surface area contributed by atoms with E-state index in [-0.39, 0.29) is 5.91 Å². The molecule has 4 nitrogen and oxygen atoms in total. The molecule has 20 heavy (non-hydrogen) atoms. The van der Waals surface area contributed by atoms with Crippen LogP contribution in [0.25, 0.3) is 0 Å². The van der Waals surface area contributed by atoms with Crippen molar-refractivity contribution < 1.29 is 9.53 Å². The van der Waals surface area contributed by atoms with E-state index in [4.69, 9.17) is 10.5 Å². The van der Waals surface area contributed by atoms with Gasteiger partial charge < -0.3 is 15.8 Å². The Hall–Kier alpha value is -2.01. The van der Waals surface area contributed by atoms with E-state index in [2.05, 4.69) is 21.2 Å². The van der Waals surface area contributed by atoms with Crippen molar-refractivity contribution in [3.05, 3.63) is 52.0 Å². The van der Waals surface area contributed by atoms with Gasteiger partial charge in [-0.3, -0.25) is 4.79 Å². The molecule has 2 rings (SSSR count). The number of aryl methyl sites for hydroxylation is 1. The molecular weight excluding hydrogens is 320 g/mol. The molecule has 0 aliphatic rings. The molecule has 104 valence electrons. The van der Waals surface area contributed by atoms with Crippen molar-refractivity contribution in [3.63, 3.8) is 0 Å². The lowest BCUT2D eigenvalue weighted by molar-refractivity contribution is 0.102. The Morgan fingerprint density at radius 1 is 1.30 bits per heavy atom. The number of nitrogen functional groups attached to an aromatic ring is 1. The van der Waals surface area contributed by atoms with Gasteiger partial charge in [-0.05, 0) is 36.8 Å². The molecule has 1 amide bonds. The second-order valence-corrected chi connectivity index (χ2v) is 5.25. The minimum absolute atomic E-state index is 0.291. The van der Waals surface area contributed by atoms with Crippen LogP contribution >= 0.6 is 15.9 Å². The summed E-state index contributed by atoms with van der Waals surface area (Å²) in [7, 11) is 1.51. The summed E-state index contributed by atoms with van der Waals surface area (Å²) in [5.74, 6) is 0.163. The Kier molecular flexibility index (Phi) is 4.29. The van der Waals surface area contributed by atoms with Gasteiger partial charge in [0.05, 0.1) is 7.11 Å². The molecule has 2 aromatic carbocycles. The van der Waals surface area contributed by atoms with Crippen LogP contribution in [-0.2, 0) is 0 Å². The van der Waals surface area contributed by atoms with Crippen molar-refractivity contribution in [2.24, 2.45) is 0 Å². The zero-order valence-electron chi connectivity index (χ0n) is 11.2. The van der Waals surface area contributed by atoms with Gasteiger partial charge in [0.2, 0.25) is 0 Å². The molecule has 0 fully saturated rings. The second kappa shape index (κ2) is 5.96. The maximum atomic E-state index is 12.4. The van der Waals surface area contributed by atoms with E-state index in [9.17, 15) is 4.79 Å². The molecule has 0 atom stereocenters. The van der Waals surface area contributed by atoms with Crippen LogP contribution in [0.2, 0.25) is 0 Å². The summed E-state index contributed by atoms with van der Waals surface area (Å²) in [5.41, 5.74) is 8.29. The van der Waals surface area contributed by atoms with Crippen LogP contribution < -0.4 is 15.8 Å². The van der Waals surface area contributed by atoms with Gasteiger partial charge in [-0.25, -0.2) is 0 Å². The fourth-order valence-corrected chi connectivity index (χ4v) is 2.24. The van der Waals surface area contributed by atoms with Gasteiger partial charge >= 0.3 is 0 Å². The summed E-state index contributed by atoms with van der Waals surface area (Å²) in [6.45, 7) is 1.92. The lowest BCUT2D eigenvalue weighted by atomic mass is 10.1. The number of hydrogen-bond acceptors (Lipinski definition) is 3. The molecule has 0 saturated carbocycles. The predicted octanol–water partition coefficient (Wildman–Crippen LogP) is 3.60. The Morgan fingerprint density at radius 2 is 2.05 bits per heavy atom. The summed E-state index contributed by atoms with van der Waals surface area (Å²) in [5, 5.41) is 2.85. The third-order valence-corrected chi connectivity index (χ3v) is 3.45. The average Bonchev–Trinajstić information content (AvgIpc) is 2.42. The minimum Gasteiger partial charge on any atom is -0.496 e. The fraction of sp³-hybridized carbons (Fsp3) is 0.133. The molecule has 0 aromatic heterocycles. The van der Waals surface area contributed by atoms with Crippen molar-refractivity contribution in [1.29, 1.82) is 0 Å². The molecule has 0 bridgehead atoms. The van der Waals surface area contributed by atoms with Crippen molar-refractivity contribution in [2.45, 2.75) is 6.92 Å². The number of carbonyl (C=O) groups excluding carboxylic acids is 1. The first-order chi connectivity index (χ1) is 9.52. The van der Waals surface area contributed by atoms with Gasteiger partial charge in [-0.2, -0.15) is 0 Å². The van der Waals surface area contributed by atoms with E-state index in [0.29, 0.717) is 17.0 Å². The number of anilines is 2. The summed E-state index contributed by atoms with van der Waals surface area (Å²) in [4.78, 5) is 12.4. The topological polar surface area (TPSA) is 64.3 Å². The SMILES string of the molecule is COc1cccc(N)c1C(=O)Nc1cc(Br)ccc1C. The van der Waals surface area contributed by atoms with Crippen LogP contribution in [0.3, 0.4) is 0 Å². The first kappa shape index (κ1) is 14.4. The molecule has 0 radical (unpaired) electrons. The first-order valence-corrected chi connectivity index (χ1v) is 6.82. The number of methoxy groups -OCH3 is 1. The molecule has 0 spiro atoms.